The monoisotopic (exact) mass is 316 g/mol. The van der Waals surface area contributed by atoms with Gasteiger partial charge < -0.3 is 10.6 Å². The minimum atomic E-state index is -0.174. The van der Waals surface area contributed by atoms with Crippen LogP contribution in [0.4, 0.5) is 10.1 Å². The Labute approximate surface area is 136 Å². The van der Waals surface area contributed by atoms with Gasteiger partial charge >= 0.3 is 0 Å². The average Bonchev–Trinajstić information content (AvgIpc) is 2.50. The molecule has 2 aromatic carbocycles. The Morgan fingerprint density at radius 3 is 2.41 bits per heavy atom. The van der Waals surface area contributed by atoms with Crippen LogP contribution in [0.3, 0.4) is 0 Å². The van der Waals surface area contributed by atoms with E-state index in [2.05, 4.69) is 36.6 Å². The Bertz CT molecular complexity index is 623. The van der Waals surface area contributed by atoms with Gasteiger partial charge in [-0.15, -0.1) is 0 Å². The lowest BCUT2D eigenvalue weighted by Crippen LogP contribution is -2.30. The fraction of sp³-hybridized carbons (Fsp3) is 0.278. The van der Waals surface area contributed by atoms with E-state index >= 15 is 0 Å². The number of benzene rings is 2. The number of hydrogen-bond acceptors (Lipinski definition) is 1. The van der Waals surface area contributed by atoms with Crippen LogP contribution in [0, 0.1) is 5.82 Å². The molecule has 0 spiro atoms. The van der Waals surface area contributed by atoms with E-state index in [1.165, 1.54) is 11.6 Å². The normalized spacial score (nSPS) is 10.5. The lowest BCUT2D eigenvalue weighted by molar-refractivity contribution is 0.607. The molecule has 0 aliphatic rings. The quantitative estimate of drug-likeness (QED) is 0.795. The summed E-state index contributed by atoms with van der Waals surface area (Å²) in [6, 6.07) is 15.0. The molecule has 22 heavy (non-hydrogen) atoms. The number of hydrogen-bond donors (Lipinski definition) is 2. The standard InChI is InChI=1S/C18H21FN2S/c1-13(2)14-7-9-16(10-8-14)21-18(22)20-12-11-15-5-3-4-6-17(15)19/h3-10,13H,11-12H2,1-2H3,(H2,20,21,22). The van der Waals surface area contributed by atoms with E-state index in [0.717, 1.165) is 5.69 Å². The molecule has 0 atom stereocenters. The third kappa shape index (κ3) is 4.81. The molecule has 2 aromatic rings. The number of thiocarbonyl (C=S) groups is 1. The molecule has 2 N–H and O–H groups in total. The summed E-state index contributed by atoms with van der Waals surface area (Å²) in [5.41, 5.74) is 2.94. The van der Waals surface area contributed by atoms with E-state index < -0.39 is 0 Å². The maximum Gasteiger partial charge on any atom is 0.170 e. The van der Waals surface area contributed by atoms with E-state index in [1.807, 2.05) is 18.2 Å². The van der Waals surface area contributed by atoms with Crippen LogP contribution >= 0.6 is 12.2 Å². The van der Waals surface area contributed by atoms with Crippen molar-refractivity contribution in [3.05, 3.63) is 65.5 Å². The van der Waals surface area contributed by atoms with Crippen molar-refractivity contribution in [1.29, 1.82) is 0 Å². The molecule has 0 saturated heterocycles. The molecule has 116 valence electrons. The highest BCUT2D eigenvalue weighted by Crippen LogP contribution is 2.17. The van der Waals surface area contributed by atoms with Crippen molar-refractivity contribution in [2.45, 2.75) is 26.2 Å². The highest BCUT2D eigenvalue weighted by Gasteiger charge is 2.02. The van der Waals surface area contributed by atoms with Crippen molar-refractivity contribution >= 4 is 23.0 Å². The van der Waals surface area contributed by atoms with Crippen LogP contribution in [-0.2, 0) is 6.42 Å². The fourth-order valence-corrected chi connectivity index (χ4v) is 2.36. The summed E-state index contributed by atoms with van der Waals surface area (Å²) in [6.07, 6.45) is 0.598. The summed E-state index contributed by atoms with van der Waals surface area (Å²) in [4.78, 5) is 0. The van der Waals surface area contributed by atoms with Gasteiger partial charge in [0, 0.05) is 12.2 Å². The Morgan fingerprint density at radius 2 is 1.77 bits per heavy atom. The first-order valence-electron chi connectivity index (χ1n) is 7.44. The zero-order valence-electron chi connectivity index (χ0n) is 12.9. The van der Waals surface area contributed by atoms with E-state index in [0.29, 0.717) is 29.6 Å². The smallest absolute Gasteiger partial charge is 0.170 e. The highest BCUT2D eigenvalue weighted by atomic mass is 32.1. The van der Waals surface area contributed by atoms with E-state index in [-0.39, 0.29) is 5.82 Å². The van der Waals surface area contributed by atoms with Crippen LogP contribution in [-0.4, -0.2) is 11.7 Å². The van der Waals surface area contributed by atoms with Gasteiger partial charge in [0.05, 0.1) is 0 Å². The van der Waals surface area contributed by atoms with Gasteiger partial charge in [0.25, 0.3) is 0 Å². The minimum Gasteiger partial charge on any atom is -0.362 e. The number of halogens is 1. The SMILES string of the molecule is CC(C)c1ccc(NC(=S)NCCc2ccccc2F)cc1. The van der Waals surface area contributed by atoms with Gasteiger partial charge in [0.15, 0.2) is 5.11 Å². The number of nitrogens with one attached hydrogen (secondary N) is 2. The number of anilines is 1. The van der Waals surface area contributed by atoms with Gasteiger partial charge in [0.2, 0.25) is 0 Å². The lowest BCUT2D eigenvalue weighted by atomic mass is 10.0. The van der Waals surface area contributed by atoms with Crippen LogP contribution < -0.4 is 10.6 Å². The Morgan fingerprint density at radius 1 is 1.09 bits per heavy atom. The van der Waals surface area contributed by atoms with Crippen molar-refractivity contribution in [2.24, 2.45) is 0 Å². The molecule has 2 rings (SSSR count). The van der Waals surface area contributed by atoms with Crippen LogP contribution in [0.2, 0.25) is 0 Å². The second-order valence-electron chi connectivity index (χ2n) is 5.50. The molecule has 0 aliphatic heterocycles. The van der Waals surface area contributed by atoms with Crippen LogP contribution in [0.25, 0.3) is 0 Å². The van der Waals surface area contributed by atoms with Crippen molar-refractivity contribution in [2.75, 3.05) is 11.9 Å². The molecule has 0 saturated carbocycles. The zero-order valence-corrected chi connectivity index (χ0v) is 13.7. The lowest BCUT2D eigenvalue weighted by Gasteiger charge is -2.12. The summed E-state index contributed by atoms with van der Waals surface area (Å²) in [5.74, 6) is 0.340. The third-order valence-corrected chi connectivity index (χ3v) is 3.72. The van der Waals surface area contributed by atoms with E-state index in [1.54, 1.807) is 12.1 Å². The maximum atomic E-state index is 13.5. The topological polar surface area (TPSA) is 24.1 Å². The summed E-state index contributed by atoms with van der Waals surface area (Å²) in [5, 5.41) is 6.78. The first-order valence-corrected chi connectivity index (χ1v) is 7.85. The van der Waals surface area contributed by atoms with Crippen molar-refractivity contribution < 1.29 is 4.39 Å². The average molecular weight is 316 g/mol. The van der Waals surface area contributed by atoms with Gasteiger partial charge in [0.1, 0.15) is 5.82 Å². The molecule has 0 aliphatic carbocycles. The summed E-state index contributed by atoms with van der Waals surface area (Å²) in [7, 11) is 0. The summed E-state index contributed by atoms with van der Waals surface area (Å²) >= 11 is 5.25. The second kappa shape index (κ2) is 7.90. The molecule has 4 heteroatoms. The molecule has 0 heterocycles. The van der Waals surface area contributed by atoms with E-state index in [9.17, 15) is 4.39 Å². The molecule has 0 unspecified atom stereocenters. The van der Waals surface area contributed by atoms with Gasteiger partial charge in [-0.1, -0.05) is 44.2 Å². The van der Waals surface area contributed by atoms with Gasteiger partial charge in [-0.25, -0.2) is 4.39 Å². The molecule has 2 nitrogen and oxygen atoms in total. The third-order valence-electron chi connectivity index (χ3n) is 3.47. The Hall–Kier alpha value is -1.94. The van der Waals surface area contributed by atoms with Crippen LogP contribution in [0.1, 0.15) is 30.9 Å². The maximum absolute atomic E-state index is 13.5. The summed E-state index contributed by atoms with van der Waals surface area (Å²) in [6.45, 7) is 4.92. The first-order chi connectivity index (χ1) is 10.6. The van der Waals surface area contributed by atoms with Crippen molar-refractivity contribution in [3.63, 3.8) is 0 Å². The summed E-state index contributed by atoms with van der Waals surface area (Å²) < 4.78 is 13.5. The van der Waals surface area contributed by atoms with Crippen molar-refractivity contribution in [1.82, 2.24) is 5.32 Å². The molecule has 0 radical (unpaired) electrons. The Balaban J connectivity index is 1.79. The van der Waals surface area contributed by atoms with Crippen LogP contribution in [0.15, 0.2) is 48.5 Å². The largest absolute Gasteiger partial charge is 0.362 e. The fourth-order valence-electron chi connectivity index (χ4n) is 2.14. The van der Waals surface area contributed by atoms with Crippen molar-refractivity contribution in [3.8, 4) is 0 Å². The molecule has 0 fully saturated rings. The van der Waals surface area contributed by atoms with Crippen LogP contribution in [0.5, 0.6) is 0 Å². The number of rotatable bonds is 5. The predicted molar refractivity (Wildman–Crippen MR) is 94.9 cm³/mol. The molecule has 0 bridgehead atoms. The molecule has 0 amide bonds. The Kier molecular flexibility index (Phi) is 5.90. The van der Waals surface area contributed by atoms with Gasteiger partial charge in [-0.2, -0.15) is 0 Å². The molecule has 0 aromatic heterocycles. The highest BCUT2D eigenvalue weighted by molar-refractivity contribution is 7.80. The van der Waals surface area contributed by atoms with E-state index in [4.69, 9.17) is 12.2 Å². The van der Waals surface area contributed by atoms with Gasteiger partial charge in [-0.05, 0) is 53.9 Å². The minimum absolute atomic E-state index is 0.174. The zero-order chi connectivity index (χ0) is 15.9. The molecular formula is C18H21FN2S. The second-order valence-corrected chi connectivity index (χ2v) is 5.91. The van der Waals surface area contributed by atoms with Gasteiger partial charge in [-0.3, -0.25) is 0 Å². The molecular weight excluding hydrogens is 295 g/mol. The first kappa shape index (κ1) is 16.4. The predicted octanol–water partition coefficient (Wildman–Crippen LogP) is 4.48.